The van der Waals surface area contributed by atoms with Gasteiger partial charge in [-0.1, -0.05) is 20.3 Å². The topological polar surface area (TPSA) is 29.3 Å². The Balaban J connectivity index is 3.59. The van der Waals surface area contributed by atoms with Crippen molar-refractivity contribution in [1.29, 1.82) is 0 Å². The molecule has 2 N–H and O–H groups in total. The molecule has 0 aromatic rings. The maximum absolute atomic E-state index is 5.47. The Morgan fingerprint density at radius 3 is 2.50 bits per heavy atom. The minimum Gasteiger partial charge on any atom is -0.405 e. The van der Waals surface area contributed by atoms with Crippen LogP contribution in [0, 0.1) is 0 Å². The summed E-state index contributed by atoms with van der Waals surface area (Å²) in [5.74, 6) is 0. The zero-order valence-electron chi connectivity index (χ0n) is 8.64. The van der Waals surface area contributed by atoms with E-state index in [1.165, 1.54) is 25.0 Å². The van der Waals surface area contributed by atoms with Gasteiger partial charge < -0.3 is 10.6 Å². The van der Waals surface area contributed by atoms with Crippen molar-refractivity contribution < 1.29 is 0 Å². The molecule has 0 unspecified atom stereocenters. The predicted molar refractivity (Wildman–Crippen MR) is 55.0 cm³/mol. The molecule has 72 valence electrons. The summed E-state index contributed by atoms with van der Waals surface area (Å²) in [5, 5.41) is 0. The van der Waals surface area contributed by atoms with Crippen LogP contribution in [0.5, 0.6) is 0 Å². The number of hydrogen-bond acceptors (Lipinski definition) is 2. The van der Waals surface area contributed by atoms with E-state index in [2.05, 4.69) is 25.8 Å². The van der Waals surface area contributed by atoms with Gasteiger partial charge in [0.15, 0.2) is 0 Å². The van der Waals surface area contributed by atoms with E-state index >= 15 is 0 Å². The van der Waals surface area contributed by atoms with Crippen LogP contribution in [0.25, 0.3) is 0 Å². The van der Waals surface area contributed by atoms with Crippen LogP contribution in [0.1, 0.15) is 33.1 Å². The molecule has 0 aliphatic carbocycles. The van der Waals surface area contributed by atoms with Crippen LogP contribution in [0.3, 0.4) is 0 Å². The smallest absolute Gasteiger partial charge is 0.0206 e. The van der Waals surface area contributed by atoms with Crippen molar-refractivity contribution in [1.82, 2.24) is 4.90 Å². The third-order valence-electron chi connectivity index (χ3n) is 2.06. The molecule has 0 saturated carbocycles. The number of likely N-dealkylation sites (N-methyl/N-ethyl adjacent to an activating group) is 1. The zero-order valence-corrected chi connectivity index (χ0v) is 8.64. The number of unbranched alkanes of at least 4 members (excludes halogenated alkanes) is 1. The molecule has 0 saturated heterocycles. The summed E-state index contributed by atoms with van der Waals surface area (Å²) < 4.78 is 0. The lowest BCUT2D eigenvalue weighted by atomic mass is 10.2. The van der Waals surface area contributed by atoms with Crippen molar-refractivity contribution in [3.63, 3.8) is 0 Å². The normalized spacial score (nSPS) is 12.5. The summed E-state index contributed by atoms with van der Waals surface area (Å²) in [4.78, 5) is 2.33. The molecule has 2 heteroatoms. The van der Waals surface area contributed by atoms with E-state index in [-0.39, 0.29) is 0 Å². The highest BCUT2D eigenvalue weighted by atomic mass is 15.1. The molecule has 0 aliphatic rings. The van der Waals surface area contributed by atoms with Gasteiger partial charge in [0.2, 0.25) is 0 Å². The van der Waals surface area contributed by atoms with E-state index in [0.29, 0.717) is 0 Å². The molecule has 0 rings (SSSR count). The van der Waals surface area contributed by atoms with Crippen LogP contribution in [0.4, 0.5) is 0 Å². The van der Waals surface area contributed by atoms with Crippen LogP contribution in [0.15, 0.2) is 11.8 Å². The van der Waals surface area contributed by atoms with Crippen molar-refractivity contribution in [2.24, 2.45) is 5.73 Å². The van der Waals surface area contributed by atoms with E-state index < -0.39 is 0 Å². The average Bonchev–Trinajstić information content (AvgIpc) is 2.10. The first-order valence-corrected chi connectivity index (χ1v) is 4.82. The summed E-state index contributed by atoms with van der Waals surface area (Å²) in [6, 6.07) is 0. The quantitative estimate of drug-likeness (QED) is 0.660. The SMILES string of the molecule is CCCCN(C)C/C(=C/N)CC. The second-order valence-corrected chi connectivity index (χ2v) is 3.27. The van der Waals surface area contributed by atoms with E-state index in [9.17, 15) is 0 Å². The Labute approximate surface area is 76.4 Å². The number of nitrogens with zero attached hydrogens (tertiary/aromatic N) is 1. The zero-order chi connectivity index (χ0) is 9.40. The first-order chi connectivity index (χ1) is 5.74. The lowest BCUT2D eigenvalue weighted by molar-refractivity contribution is 0.352. The summed E-state index contributed by atoms with van der Waals surface area (Å²) in [5.41, 5.74) is 6.80. The molecule has 2 nitrogen and oxygen atoms in total. The standard InChI is InChI=1S/C10H22N2/c1-4-6-7-12(3)9-10(5-2)8-11/h8H,4-7,9,11H2,1-3H3/b10-8+. The lowest BCUT2D eigenvalue weighted by Crippen LogP contribution is -2.22. The van der Waals surface area contributed by atoms with E-state index in [1.54, 1.807) is 6.20 Å². The maximum atomic E-state index is 5.47. The van der Waals surface area contributed by atoms with Gasteiger partial charge in [-0.3, -0.25) is 0 Å². The molecule has 0 heterocycles. The minimum atomic E-state index is 1.02. The van der Waals surface area contributed by atoms with Crippen molar-refractivity contribution in [2.45, 2.75) is 33.1 Å². The minimum absolute atomic E-state index is 1.02. The highest BCUT2D eigenvalue weighted by Crippen LogP contribution is 2.01. The Morgan fingerprint density at radius 2 is 2.08 bits per heavy atom. The number of hydrogen-bond donors (Lipinski definition) is 1. The summed E-state index contributed by atoms with van der Waals surface area (Å²) in [7, 11) is 2.15. The van der Waals surface area contributed by atoms with Gasteiger partial charge in [0.05, 0.1) is 0 Å². The van der Waals surface area contributed by atoms with Gasteiger partial charge in [-0.2, -0.15) is 0 Å². The summed E-state index contributed by atoms with van der Waals surface area (Å²) in [6.45, 7) is 6.56. The Morgan fingerprint density at radius 1 is 1.42 bits per heavy atom. The largest absolute Gasteiger partial charge is 0.405 e. The molecule has 0 aliphatic heterocycles. The van der Waals surface area contributed by atoms with Gasteiger partial charge >= 0.3 is 0 Å². The molecule has 0 radical (unpaired) electrons. The summed E-state index contributed by atoms with van der Waals surface area (Å²) >= 11 is 0. The third-order valence-corrected chi connectivity index (χ3v) is 2.06. The van der Waals surface area contributed by atoms with Crippen LogP contribution in [-0.2, 0) is 0 Å². The molecule has 0 atom stereocenters. The average molecular weight is 170 g/mol. The van der Waals surface area contributed by atoms with Crippen LogP contribution in [0.2, 0.25) is 0 Å². The van der Waals surface area contributed by atoms with Crippen molar-refractivity contribution in [2.75, 3.05) is 20.1 Å². The van der Waals surface area contributed by atoms with E-state index in [4.69, 9.17) is 5.73 Å². The fraction of sp³-hybridized carbons (Fsp3) is 0.800. The fourth-order valence-corrected chi connectivity index (χ4v) is 1.14. The predicted octanol–water partition coefficient (Wildman–Crippen LogP) is 1.97. The Hall–Kier alpha value is -0.500. The van der Waals surface area contributed by atoms with Crippen molar-refractivity contribution in [3.05, 3.63) is 11.8 Å². The molecular weight excluding hydrogens is 148 g/mol. The van der Waals surface area contributed by atoms with Gasteiger partial charge in [-0.15, -0.1) is 0 Å². The Bertz CT molecular complexity index is 130. The molecule has 0 amide bonds. The Kier molecular flexibility index (Phi) is 6.87. The first kappa shape index (κ1) is 11.5. The molecular formula is C10H22N2. The van der Waals surface area contributed by atoms with Crippen molar-refractivity contribution >= 4 is 0 Å². The van der Waals surface area contributed by atoms with Gasteiger partial charge in [-0.25, -0.2) is 0 Å². The second-order valence-electron chi connectivity index (χ2n) is 3.27. The monoisotopic (exact) mass is 170 g/mol. The molecule has 12 heavy (non-hydrogen) atoms. The van der Waals surface area contributed by atoms with E-state index in [0.717, 1.165) is 13.0 Å². The van der Waals surface area contributed by atoms with Gasteiger partial charge in [-0.05, 0) is 38.2 Å². The molecule has 0 spiro atoms. The van der Waals surface area contributed by atoms with Crippen LogP contribution in [-0.4, -0.2) is 25.0 Å². The van der Waals surface area contributed by atoms with Gasteiger partial charge in [0, 0.05) is 6.54 Å². The molecule has 0 fully saturated rings. The second kappa shape index (κ2) is 7.17. The maximum Gasteiger partial charge on any atom is 0.0206 e. The number of nitrogens with two attached hydrogens (primary N) is 1. The highest BCUT2D eigenvalue weighted by Gasteiger charge is 1.99. The molecule has 0 bridgehead atoms. The highest BCUT2D eigenvalue weighted by molar-refractivity contribution is 5.00. The molecule has 0 aromatic heterocycles. The van der Waals surface area contributed by atoms with Crippen molar-refractivity contribution in [3.8, 4) is 0 Å². The molecule has 0 aromatic carbocycles. The fourth-order valence-electron chi connectivity index (χ4n) is 1.14. The lowest BCUT2D eigenvalue weighted by Gasteiger charge is -2.17. The van der Waals surface area contributed by atoms with Crippen LogP contribution >= 0.6 is 0 Å². The van der Waals surface area contributed by atoms with Gasteiger partial charge in [0.25, 0.3) is 0 Å². The van der Waals surface area contributed by atoms with Gasteiger partial charge in [0.1, 0.15) is 0 Å². The first-order valence-electron chi connectivity index (χ1n) is 4.82. The summed E-state index contributed by atoms with van der Waals surface area (Å²) in [6.07, 6.45) is 5.34. The number of rotatable bonds is 6. The van der Waals surface area contributed by atoms with E-state index in [1.807, 2.05) is 0 Å². The van der Waals surface area contributed by atoms with Crippen LogP contribution < -0.4 is 5.73 Å². The third kappa shape index (κ3) is 5.19.